The summed E-state index contributed by atoms with van der Waals surface area (Å²) in [6.07, 6.45) is 4.49. The van der Waals surface area contributed by atoms with E-state index in [4.69, 9.17) is 22.1 Å². The highest BCUT2D eigenvalue weighted by Gasteiger charge is 2.30. The maximum absolute atomic E-state index is 13.5. The Labute approximate surface area is 259 Å². The highest BCUT2D eigenvalue weighted by molar-refractivity contribution is 6.30. The number of benzene rings is 3. The van der Waals surface area contributed by atoms with Crippen LogP contribution in [0.2, 0.25) is 5.02 Å². The maximum atomic E-state index is 13.5. The van der Waals surface area contributed by atoms with Crippen molar-refractivity contribution in [1.29, 1.82) is 5.26 Å². The number of hydrogen-bond acceptors (Lipinski definition) is 7. The van der Waals surface area contributed by atoms with Gasteiger partial charge in [0.05, 0.1) is 41.7 Å². The minimum absolute atomic E-state index is 0.168. The number of carbonyl (C=O) groups is 3. The Hall–Kier alpha value is -4.98. The van der Waals surface area contributed by atoms with Gasteiger partial charge in [0.15, 0.2) is 0 Å². The zero-order chi connectivity index (χ0) is 31.2. The Kier molecular flexibility index (Phi) is 9.38. The van der Waals surface area contributed by atoms with Crippen LogP contribution in [-0.4, -0.2) is 39.9 Å². The number of nitrogens with two attached hydrogens (primary N) is 1. The number of para-hydroxylation sites is 1. The third kappa shape index (κ3) is 6.97. The van der Waals surface area contributed by atoms with E-state index in [2.05, 4.69) is 21.7 Å². The molecule has 0 spiro atoms. The van der Waals surface area contributed by atoms with Gasteiger partial charge >= 0.3 is 0 Å². The summed E-state index contributed by atoms with van der Waals surface area (Å²) < 4.78 is 7.53. The van der Waals surface area contributed by atoms with Crippen molar-refractivity contribution < 1.29 is 19.1 Å². The number of nitriles is 1. The van der Waals surface area contributed by atoms with Crippen LogP contribution in [-0.2, 0) is 17.6 Å². The molecule has 2 amide bonds. The summed E-state index contributed by atoms with van der Waals surface area (Å²) in [6.45, 7) is 1.82. The van der Waals surface area contributed by atoms with Gasteiger partial charge < -0.3 is 21.1 Å². The van der Waals surface area contributed by atoms with Gasteiger partial charge in [-0.1, -0.05) is 48.0 Å². The van der Waals surface area contributed by atoms with Gasteiger partial charge in [-0.3, -0.25) is 19.0 Å². The first kappa shape index (κ1) is 30.5. The molecule has 3 aromatic carbocycles. The fourth-order valence-corrected chi connectivity index (χ4v) is 5.49. The predicted molar refractivity (Wildman–Crippen MR) is 164 cm³/mol. The first-order valence-corrected chi connectivity index (χ1v) is 14.5. The van der Waals surface area contributed by atoms with Crippen LogP contribution in [0.25, 0.3) is 0 Å². The van der Waals surface area contributed by atoms with Crippen molar-refractivity contribution in [1.82, 2.24) is 20.2 Å². The fraction of sp³-hybridized carbons (Fsp3) is 0.242. The standard InChI is InChI=1S/C33H31ClN6O4/c1-20(41)40-19-37-18-30(40)28(15-21-5-7-23(17-35)8-6-21)38-27-13-14-44-31-25(27)3-2-4-26(31)33(43)39-29(32(36)42)16-22-9-11-24(34)12-10-22/h2-12,18-19,27-29,38H,13-16H2,1H3,(H2,36,42)(H,39,43)/t27?,28?,29-/m0/s1. The van der Waals surface area contributed by atoms with E-state index in [9.17, 15) is 19.6 Å². The Bertz CT molecular complexity index is 1710. The van der Waals surface area contributed by atoms with Crippen LogP contribution < -0.4 is 21.1 Å². The summed E-state index contributed by atoms with van der Waals surface area (Å²) in [5.41, 5.74) is 9.72. The van der Waals surface area contributed by atoms with Gasteiger partial charge in [0.25, 0.3) is 5.91 Å². The van der Waals surface area contributed by atoms with Crippen LogP contribution >= 0.6 is 11.6 Å². The van der Waals surface area contributed by atoms with Crippen molar-refractivity contribution in [3.8, 4) is 11.8 Å². The summed E-state index contributed by atoms with van der Waals surface area (Å²) in [5, 5.41) is 16.2. The third-order valence-corrected chi connectivity index (χ3v) is 7.86. The average molecular weight is 611 g/mol. The molecule has 1 aliphatic heterocycles. The van der Waals surface area contributed by atoms with E-state index in [1.807, 2.05) is 18.2 Å². The number of nitrogens with one attached hydrogen (secondary N) is 2. The number of halogens is 1. The first-order chi connectivity index (χ1) is 21.2. The Morgan fingerprint density at radius 2 is 1.80 bits per heavy atom. The van der Waals surface area contributed by atoms with Gasteiger partial charge in [-0.05, 0) is 47.9 Å². The lowest BCUT2D eigenvalue weighted by atomic mass is 9.94. The van der Waals surface area contributed by atoms with Crippen LogP contribution in [0, 0.1) is 11.3 Å². The number of fused-ring (bicyclic) bond motifs is 1. The minimum Gasteiger partial charge on any atom is -0.492 e. The molecule has 0 fully saturated rings. The molecule has 1 aliphatic rings. The van der Waals surface area contributed by atoms with Crippen molar-refractivity contribution in [2.45, 2.75) is 44.3 Å². The Morgan fingerprint density at radius 3 is 2.48 bits per heavy atom. The molecule has 4 aromatic rings. The number of carbonyl (C=O) groups excluding carboxylic acids is 3. The Morgan fingerprint density at radius 1 is 1.09 bits per heavy atom. The average Bonchev–Trinajstić information content (AvgIpc) is 3.52. The molecule has 0 radical (unpaired) electrons. The van der Waals surface area contributed by atoms with E-state index in [1.54, 1.807) is 54.7 Å². The molecule has 1 aromatic heterocycles. The Balaban J connectivity index is 1.41. The molecule has 2 heterocycles. The van der Waals surface area contributed by atoms with Crippen molar-refractivity contribution in [2.24, 2.45) is 5.73 Å². The van der Waals surface area contributed by atoms with E-state index in [1.165, 1.54) is 17.8 Å². The SMILES string of the molecule is CC(=O)n1cncc1C(Cc1ccc(C#N)cc1)NC1CCOc2c(C(=O)N[C@@H](Cc3ccc(Cl)cc3)C(N)=O)cccc21. The lowest BCUT2D eigenvalue weighted by molar-refractivity contribution is -0.119. The van der Waals surface area contributed by atoms with Crippen molar-refractivity contribution in [2.75, 3.05) is 6.61 Å². The van der Waals surface area contributed by atoms with E-state index in [0.717, 1.165) is 16.7 Å². The monoisotopic (exact) mass is 610 g/mol. The first-order valence-electron chi connectivity index (χ1n) is 14.1. The molecule has 44 heavy (non-hydrogen) atoms. The topological polar surface area (TPSA) is 152 Å². The minimum atomic E-state index is -0.944. The maximum Gasteiger partial charge on any atom is 0.255 e. The highest BCUT2D eigenvalue weighted by Crippen LogP contribution is 2.37. The van der Waals surface area contributed by atoms with E-state index in [0.29, 0.717) is 41.5 Å². The number of hydrogen-bond donors (Lipinski definition) is 3. The van der Waals surface area contributed by atoms with Crippen molar-refractivity contribution in [3.63, 3.8) is 0 Å². The molecule has 2 unspecified atom stereocenters. The second-order valence-corrected chi connectivity index (χ2v) is 11.0. The van der Waals surface area contributed by atoms with Crippen molar-refractivity contribution in [3.05, 3.63) is 118 Å². The van der Waals surface area contributed by atoms with Crippen LogP contribution in [0.4, 0.5) is 0 Å². The number of rotatable bonds is 10. The molecule has 0 bridgehead atoms. The molecule has 224 valence electrons. The fourth-order valence-electron chi connectivity index (χ4n) is 5.36. The smallest absolute Gasteiger partial charge is 0.255 e. The number of ether oxygens (including phenoxy) is 1. The summed E-state index contributed by atoms with van der Waals surface area (Å²) in [6, 6.07) is 20.2. The quantitative estimate of drug-likeness (QED) is 0.242. The van der Waals surface area contributed by atoms with Crippen LogP contribution in [0.3, 0.4) is 0 Å². The molecule has 11 heteroatoms. The second-order valence-electron chi connectivity index (χ2n) is 10.6. The van der Waals surface area contributed by atoms with E-state index in [-0.39, 0.29) is 30.0 Å². The van der Waals surface area contributed by atoms with Gasteiger partial charge in [-0.2, -0.15) is 5.26 Å². The zero-order valence-corrected chi connectivity index (χ0v) is 24.8. The van der Waals surface area contributed by atoms with Gasteiger partial charge in [-0.25, -0.2) is 4.98 Å². The van der Waals surface area contributed by atoms with Crippen molar-refractivity contribution >= 4 is 29.3 Å². The highest BCUT2D eigenvalue weighted by atomic mass is 35.5. The molecule has 4 N–H and O–H groups in total. The third-order valence-electron chi connectivity index (χ3n) is 7.61. The summed E-state index contributed by atoms with van der Waals surface area (Å²) >= 11 is 5.98. The summed E-state index contributed by atoms with van der Waals surface area (Å²) in [4.78, 5) is 42.4. The molecule has 0 saturated heterocycles. The lowest BCUT2D eigenvalue weighted by Gasteiger charge is -2.32. The van der Waals surface area contributed by atoms with E-state index >= 15 is 0 Å². The van der Waals surface area contributed by atoms with E-state index < -0.39 is 17.9 Å². The number of amides is 2. The summed E-state index contributed by atoms with van der Waals surface area (Å²) in [7, 11) is 0. The molecular weight excluding hydrogens is 580 g/mol. The number of nitrogens with zero attached hydrogens (tertiary/aromatic N) is 3. The lowest BCUT2D eigenvalue weighted by Crippen LogP contribution is -2.46. The predicted octanol–water partition coefficient (Wildman–Crippen LogP) is 4.29. The van der Waals surface area contributed by atoms with Gasteiger partial charge in [0.1, 0.15) is 18.1 Å². The number of primary amides is 1. The van der Waals surface area contributed by atoms with Gasteiger partial charge in [-0.15, -0.1) is 0 Å². The second kappa shape index (κ2) is 13.5. The van der Waals surface area contributed by atoms with Gasteiger partial charge in [0, 0.05) is 36.4 Å². The molecule has 0 aliphatic carbocycles. The number of imidazole rings is 1. The number of aromatic nitrogens is 2. The molecular formula is C33H31ClN6O4. The van der Waals surface area contributed by atoms with Crippen LogP contribution in [0.1, 0.15) is 68.5 Å². The van der Waals surface area contributed by atoms with Gasteiger partial charge in [0.2, 0.25) is 11.8 Å². The largest absolute Gasteiger partial charge is 0.492 e. The molecule has 5 rings (SSSR count). The zero-order valence-electron chi connectivity index (χ0n) is 24.0. The molecule has 3 atom stereocenters. The molecule has 0 saturated carbocycles. The molecule has 10 nitrogen and oxygen atoms in total. The van der Waals surface area contributed by atoms with Crippen LogP contribution in [0.15, 0.2) is 79.3 Å². The van der Waals surface area contributed by atoms with Crippen LogP contribution in [0.5, 0.6) is 5.75 Å². The normalized spacial score (nSPS) is 15.2. The summed E-state index contributed by atoms with van der Waals surface area (Å²) in [5.74, 6) is -0.894.